The van der Waals surface area contributed by atoms with Crippen LogP contribution in [0.15, 0.2) is 17.0 Å². The number of ether oxygens (including phenoxy) is 1. The Morgan fingerprint density at radius 1 is 1.38 bits per heavy atom. The first-order valence-electron chi connectivity index (χ1n) is 6.81. The Morgan fingerprint density at radius 3 is 2.67 bits per heavy atom. The van der Waals surface area contributed by atoms with Crippen molar-refractivity contribution in [2.75, 3.05) is 13.2 Å². The highest BCUT2D eigenvalue weighted by Gasteiger charge is 2.20. The van der Waals surface area contributed by atoms with E-state index >= 15 is 0 Å². The second-order valence-electron chi connectivity index (χ2n) is 5.35. The van der Waals surface area contributed by atoms with Gasteiger partial charge in [0.2, 0.25) is 10.0 Å². The van der Waals surface area contributed by atoms with Crippen LogP contribution in [0.3, 0.4) is 0 Å². The van der Waals surface area contributed by atoms with E-state index in [2.05, 4.69) is 5.32 Å². The highest BCUT2D eigenvalue weighted by Crippen LogP contribution is 2.20. The van der Waals surface area contributed by atoms with Crippen molar-refractivity contribution < 1.29 is 17.9 Å². The Bertz CT molecular complexity index is 649. The summed E-state index contributed by atoms with van der Waals surface area (Å²) in [5, 5.41) is 8.06. The largest absolute Gasteiger partial charge is 0.379 e. The molecule has 0 spiro atoms. The van der Waals surface area contributed by atoms with Crippen LogP contribution in [0.25, 0.3) is 0 Å². The van der Waals surface area contributed by atoms with Gasteiger partial charge in [-0.25, -0.2) is 13.6 Å². The van der Waals surface area contributed by atoms with Crippen LogP contribution < -0.4 is 10.5 Å². The second-order valence-corrected chi connectivity index (χ2v) is 6.88. The molecule has 0 bridgehead atoms. The molecule has 0 aliphatic carbocycles. The quantitative estimate of drug-likeness (QED) is 0.864. The first-order chi connectivity index (χ1) is 9.79. The average Bonchev–Trinajstić information content (AvgIpc) is 2.41. The number of hydrogen-bond donors (Lipinski definition) is 2. The fourth-order valence-corrected chi connectivity index (χ4v) is 3.26. The minimum absolute atomic E-state index is 0.00690. The molecule has 1 aliphatic heterocycles. The van der Waals surface area contributed by atoms with Gasteiger partial charge in [0, 0.05) is 12.2 Å². The Kier molecular flexibility index (Phi) is 4.65. The average molecular weight is 312 g/mol. The van der Waals surface area contributed by atoms with E-state index in [0.29, 0.717) is 29.9 Å². The van der Waals surface area contributed by atoms with Crippen molar-refractivity contribution in [2.45, 2.75) is 37.6 Å². The SMILES string of the molecule is Cc1cc(C(=O)NC2CCCOC2)cc(S(N)(=O)=O)c1C. The number of benzene rings is 1. The molecule has 7 heteroatoms. The topological polar surface area (TPSA) is 98.5 Å². The first kappa shape index (κ1) is 15.9. The van der Waals surface area contributed by atoms with E-state index in [0.717, 1.165) is 12.8 Å². The molecule has 1 heterocycles. The first-order valence-corrected chi connectivity index (χ1v) is 8.36. The third kappa shape index (κ3) is 3.81. The number of amides is 1. The van der Waals surface area contributed by atoms with Crippen LogP contribution in [0.2, 0.25) is 0 Å². The number of carbonyl (C=O) groups excluding carboxylic acids is 1. The Balaban J connectivity index is 2.27. The van der Waals surface area contributed by atoms with Gasteiger partial charge in [0.1, 0.15) is 0 Å². The third-order valence-electron chi connectivity index (χ3n) is 3.68. The van der Waals surface area contributed by atoms with Crippen LogP contribution in [0, 0.1) is 13.8 Å². The number of sulfonamides is 1. The maximum absolute atomic E-state index is 12.3. The molecule has 1 unspecified atom stereocenters. The second kappa shape index (κ2) is 6.13. The van der Waals surface area contributed by atoms with Crippen LogP contribution >= 0.6 is 0 Å². The highest BCUT2D eigenvalue weighted by atomic mass is 32.2. The lowest BCUT2D eigenvalue weighted by atomic mass is 10.0. The van der Waals surface area contributed by atoms with Crippen molar-refractivity contribution in [3.63, 3.8) is 0 Å². The molecule has 2 rings (SSSR count). The van der Waals surface area contributed by atoms with Gasteiger partial charge in [0.05, 0.1) is 17.5 Å². The van der Waals surface area contributed by atoms with Crippen LogP contribution in [0.1, 0.15) is 34.3 Å². The molecule has 1 atom stereocenters. The van der Waals surface area contributed by atoms with E-state index in [9.17, 15) is 13.2 Å². The molecule has 1 aliphatic rings. The smallest absolute Gasteiger partial charge is 0.251 e. The predicted octanol–water partition coefficient (Wildman–Crippen LogP) is 0.860. The summed E-state index contributed by atoms with van der Waals surface area (Å²) in [5.74, 6) is -0.307. The molecule has 21 heavy (non-hydrogen) atoms. The molecule has 1 fully saturated rings. The standard InChI is InChI=1S/C14H20N2O4S/c1-9-6-11(7-13(10(9)2)21(15,18)19)14(17)16-12-4-3-5-20-8-12/h6-7,12H,3-5,8H2,1-2H3,(H,16,17)(H2,15,18,19). The molecule has 1 saturated heterocycles. The maximum atomic E-state index is 12.3. The van der Waals surface area contributed by atoms with Gasteiger partial charge in [-0.15, -0.1) is 0 Å². The van der Waals surface area contributed by atoms with E-state index in [4.69, 9.17) is 9.88 Å². The fourth-order valence-electron chi connectivity index (χ4n) is 2.38. The van der Waals surface area contributed by atoms with Crippen LogP contribution in [-0.2, 0) is 14.8 Å². The predicted molar refractivity (Wildman–Crippen MR) is 78.6 cm³/mol. The lowest BCUT2D eigenvalue weighted by Gasteiger charge is -2.23. The number of hydrogen-bond acceptors (Lipinski definition) is 4. The van der Waals surface area contributed by atoms with Gasteiger partial charge in [0.15, 0.2) is 0 Å². The molecular weight excluding hydrogens is 292 g/mol. The zero-order chi connectivity index (χ0) is 15.6. The van der Waals surface area contributed by atoms with Crippen molar-refractivity contribution in [3.05, 3.63) is 28.8 Å². The monoisotopic (exact) mass is 312 g/mol. The van der Waals surface area contributed by atoms with Crippen molar-refractivity contribution in [1.82, 2.24) is 5.32 Å². The van der Waals surface area contributed by atoms with Crippen LogP contribution in [0.4, 0.5) is 0 Å². The Labute approximate surface area is 124 Å². The number of rotatable bonds is 3. The molecule has 3 N–H and O–H groups in total. The molecule has 0 saturated carbocycles. The van der Waals surface area contributed by atoms with E-state index in [-0.39, 0.29) is 16.8 Å². The number of nitrogens with one attached hydrogen (secondary N) is 1. The van der Waals surface area contributed by atoms with Crippen LogP contribution in [0.5, 0.6) is 0 Å². The fraction of sp³-hybridized carbons (Fsp3) is 0.500. The normalized spacial score (nSPS) is 19.3. The summed E-state index contributed by atoms with van der Waals surface area (Å²) >= 11 is 0. The van der Waals surface area contributed by atoms with E-state index < -0.39 is 10.0 Å². The Hall–Kier alpha value is -1.44. The molecule has 1 amide bonds. The summed E-state index contributed by atoms with van der Waals surface area (Å²) in [7, 11) is -3.85. The third-order valence-corrected chi connectivity index (χ3v) is 4.72. The molecule has 1 aromatic rings. The van der Waals surface area contributed by atoms with Crippen molar-refractivity contribution >= 4 is 15.9 Å². The maximum Gasteiger partial charge on any atom is 0.251 e. The Morgan fingerprint density at radius 2 is 2.10 bits per heavy atom. The minimum atomic E-state index is -3.85. The lowest BCUT2D eigenvalue weighted by molar-refractivity contribution is 0.0624. The van der Waals surface area contributed by atoms with Crippen molar-refractivity contribution in [3.8, 4) is 0 Å². The molecule has 6 nitrogen and oxygen atoms in total. The molecular formula is C14H20N2O4S. The summed E-state index contributed by atoms with van der Waals surface area (Å²) in [4.78, 5) is 12.2. The summed E-state index contributed by atoms with van der Waals surface area (Å²) in [6.45, 7) is 4.63. The molecule has 1 aromatic carbocycles. The van der Waals surface area contributed by atoms with Gasteiger partial charge >= 0.3 is 0 Å². The van der Waals surface area contributed by atoms with Gasteiger partial charge in [0.25, 0.3) is 5.91 Å². The summed E-state index contributed by atoms with van der Waals surface area (Å²) in [5.41, 5.74) is 1.58. The lowest BCUT2D eigenvalue weighted by Crippen LogP contribution is -2.40. The molecule has 116 valence electrons. The van der Waals surface area contributed by atoms with E-state index in [1.807, 2.05) is 0 Å². The van der Waals surface area contributed by atoms with Crippen LogP contribution in [-0.4, -0.2) is 33.6 Å². The van der Waals surface area contributed by atoms with Gasteiger partial charge in [-0.05, 0) is 49.9 Å². The summed E-state index contributed by atoms with van der Waals surface area (Å²) in [6, 6.07) is 2.96. The van der Waals surface area contributed by atoms with E-state index in [1.165, 1.54) is 6.07 Å². The van der Waals surface area contributed by atoms with Crippen molar-refractivity contribution in [2.24, 2.45) is 5.14 Å². The zero-order valence-corrected chi connectivity index (χ0v) is 13.0. The minimum Gasteiger partial charge on any atom is -0.379 e. The summed E-state index contributed by atoms with van der Waals surface area (Å²) in [6.07, 6.45) is 1.76. The molecule has 0 aromatic heterocycles. The summed E-state index contributed by atoms with van der Waals surface area (Å²) < 4.78 is 28.5. The van der Waals surface area contributed by atoms with E-state index in [1.54, 1.807) is 19.9 Å². The number of primary sulfonamides is 1. The number of aryl methyl sites for hydroxylation is 1. The van der Waals surface area contributed by atoms with Crippen molar-refractivity contribution in [1.29, 1.82) is 0 Å². The zero-order valence-electron chi connectivity index (χ0n) is 12.2. The number of nitrogens with two attached hydrogens (primary N) is 1. The van der Waals surface area contributed by atoms with Gasteiger partial charge in [-0.3, -0.25) is 4.79 Å². The molecule has 0 radical (unpaired) electrons. The number of carbonyl (C=O) groups is 1. The van der Waals surface area contributed by atoms with Gasteiger partial charge < -0.3 is 10.1 Å². The van der Waals surface area contributed by atoms with Gasteiger partial charge in [-0.1, -0.05) is 0 Å². The van der Waals surface area contributed by atoms with Gasteiger partial charge in [-0.2, -0.15) is 0 Å². The highest BCUT2D eigenvalue weighted by molar-refractivity contribution is 7.89.